The second kappa shape index (κ2) is 5.93. The molecule has 2 atom stereocenters. The van der Waals surface area contributed by atoms with Crippen LogP contribution in [0.15, 0.2) is 18.5 Å². The van der Waals surface area contributed by atoms with E-state index in [1.807, 2.05) is 23.9 Å². The zero-order valence-electron chi connectivity index (χ0n) is 11.9. The Kier molecular flexibility index (Phi) is 4.03. The average Bonchev–Trinajstić information content (AvgIpc) is 3.07. The van der Waals surface area contributed by atoms with E-state index >= 15 is 0 Å². The van der Waals surface area contributed by atoms with E-state index in [4.69, 9.17) is 4.74 Å². The molecule has 0 saturated carbocycles. The second-order valence-corrected chi connectivity index (χ2v) is 5.65. The SMILES string of the molecule is C[C@H](C(=O)NC[C@H]1CCCO1)N1CC(n2cccn2)C1. The van der Waals surface area contributed by atoms with Crippen LogP contribution in [-0.2, 0) is 9.53 Å². The molecule has 2 fully saturated rings. The molecule has 1 N–H and O–H groups in total. The van der Waals surface area contributed by atoms with E-state index in [1.165, 1.54) is 0 Å². The molecule has 6 heteroatoms. The van der Waals surface area contributed by atoms with Crippen molar-refractivity contribution in [2.45, 2.75) is 38.0 Å². The standard InChI is InChI=1S/C14H22N4O2/c1-11(14(19)15-8-13-4-2-7-20-13)17-9-12(10-17)18-6-3-5-16-18/h3,5-6,11-13H,2,4,7-10H2,1H3,(H,15,19)/t11-,13-/m1/s1. The van der Waals surface area contributed by atoms with Gasteiger partial charge in [-0.1, -0.05) is 0 Å². The summed E-state index contributed by atoms with van der Waals surface area (Å²) in [4.78, 5) is 14.3. The van der Waals surface area contributed by atoms with Crippen LogP contribution in [0, 0.1) is 0 Å². The van der Waals surface area contributed by atoms with Crippen LogP contribution >= 0.6 is 0 Å². The zero-order chi connectivity index (χ0) is 13.9. The van der Waals surface area contributed by atoms with Crippen molar-refractivity contribution < 1.29 is 9.53 Å². The largest absolute Gasteiger partial charge is 0.376 e. The first-order valence-electron chi connectivity index (χ1n) is 7.36. The van der Waals surface area contributed by atoms with Gasteiger partial charge in [0.15, 0.2) is 0 Å². The van der Waals surface area contributed by atoms with Gasteiger partial charge >= 0.3 is 0 Å². The molecule has 1 aromatic heterocycles. The van der Waals surface area contributed by atoms with E-state index in [-0.39, 0.29) is 18.1 Å². The lowest BCUT2D eigenvalue weighted by atomic mass is 10.1. The molecule has 110 valence electrons. The number of ether oxygens (including phenoxy) is 1. The average molecular weight is 278 g/mol. The minimum Gasteiger partial charge on any atom is -0.376 e. The number of likely N-dealkylation sites (tertiary alicyclic amines) is 1. The molecule has 2 saturated heterocycles. The first-order valence-corrected chi connectivity index (χ1v) is 7.36. The molecule has 1 aromatic rings. The summed E-state index contributed by atoms with van der Waals surface area (Å²) in [6.07, 6.45) is 6.14. The van der Waals surface area contributed by atoms with Crippen LogP contribution in [0.25, 0.3) is 0 Å². The van der Waals surface area contributed by atoms with Gasteiger partial charge in [-0.3, -0.25) is 14.4 Å². The predicted molar refractivity (Wildman–Crippen MR) is 74.3 cm³/mol. The smallest absolute Gasteiger partial charge is 0.237 e. The Balaban J connectivity index is 1.40. The highest BCUT2D eigenvalue weighted by atomic mass is 16.5. The van der Waals surface area contributed by atoms with Gasteiger partial charge in [-0.15, -0.1) is 0 Å². The van der Waals surface area contributed by atoms with E-state index in [2.05, 4.69) is 15.3 Å². The fraction of sp³-hybridized carbons (Fsp3) is 0.714. The molecule has 0 aromatic carbocycles. The quantitative estimate of drug-likeness (QED) is 0.848. The van der Waals surface area contributed by atoms with Gasteiger partial charge < -0.3 is 10.1 Å². The Morgan fingerprint density at radius 2 is 2.40 bits per heavy atom. The van der Waals surface area contributed by atoms with Crippen LogP contribution in [0.3, 0.4) is 0 Å². The van der Waals surface area contributed by atoms with Crippen molar-refractivity contribution in [1.29, 1.82) is 0 Å². The molecule has 0 radical (unpaired) electrons. The highest BCUT2D eigenvalue weighted by Gasteiger charge is 2.34. The molecule has 20 heavy (non-hydrogen) atoms. The summed E-state index contributed by atoms with van der Waals surface area (Å²) in [5.74, 6) is 0.0967. The van der Waals surface area contributed by atoms with Crippen LogP contribution in [0.1, 0.15) is 25.8 Å². The highest BCUT2D eigenvalue weighted by Crippen LogP contribution is 2.22. The van der Waals surface area contributed by atoms with Crippen molar-refractivity contribution in [3.63, 3.8) is 0 Å². The first kappa shape index (κ1) is 13.6. The van der Waals surface area contributed by atoms with Gasteiger partial charge in [0.2, 0.25) is 5.91 Å². The van der Waals surface area contributed by atoms with Gasteiger partial charge in [-0.05, 0) is 25.8 Å². The summed E-state index contributed by atoms with van der Waals surface area (Å²) in [6.45, 7) is 5.20. The Morgan fingerprint density at radius 3 is 3.05 bits per heavy atom. The van der Waals surface area contributed by atoms with Crippen molar-refractivity contribution in [3.8, 4) is 0 Å². The third kappa shape index (κ3) is 2.86. The molecule has 0 unspecified atom stereocenters. The van der Waals surface area contributed by atoms with Crippen LogP contribution in [0.4, 0.5) is 0 Å². The lowest BCUT2D eigenvalue weighted by molar-refractivity contribution is -0.128. The molecule has 0 aliphatic carbocycles. The van der Waals surface area contributed by atoms with Gasteiger partial charge in [0.1, 0.15) is 0 Å². The van der Waals surface area contributed by atoms with Gasteiger partial charge in [-0.25, -0.2) is 0 Å². The second-order valence-electron chi connectivity index (χ2n) is 5.65. The summed E-state index contributed by atoms with van der Waals surface area (Å²) >= 11 is 0. The van der Waals surface area contributed by atoms with E-state index < -0.39 is 0 Å². The van der Waals surface area contributed by atoms with Crippen molar-refractivity contribution in [2.75, 3.05) is 26.2 Å². The number of rotatable bonds is 5. The van der Waals surface area contributed by atoms with Crippen LogP contribution < -0.4 is 5.32 Å². The Bertz CT molecular complexity index is 436. The Labute approximate surface area is 119 Å². The van der Waals surface area contributed by atoms with Crippen molar-refractivity contribution >= 4 is 5.91 Å². The number of nitrogens with zero attached hydrogens (tertiary/aromatic N) is 3. The number of hydrogen-bond donors (Lipinski definition) is 1. The monoisotopic (exact) mass is 278 g/mol. The summed E-state index contributed by atoms with van der Waals surface area (Å²) in [6, 6.07) is 2.25. The number of hydrogen-bond acceptors (Lipinski definition) is 4. The molecule has 3 heterocycles. The fourth-order valence-corrected chi connectivity index (χ4v) is 2.80. The lowest BCUT2D eigenvalue weighted by Crippen LogP contribution is -2.56. The third-order valence-corrected chi connectivity index (χ3v) is 4.24. The summed E-state index contributed by atoms with van der Waals surface area (Å²) < 4.78 is 7.48. The molecule has 0 spiro atoms. The molecular weight excluding hydrogens is 256 g/mol. The van der Waals surface area contributed by atoms with Crippen LogP contribution in [-0.4, -0.2) is 59.0 Å². The third-order valence-electron chi connectivity index (χ3n) is 4.24. The van der Waals surface area contributed by atoms with E-state index in [1.54, 1.807) is 6.20 Å². The van der Waals surface area contributed by atoms with E-state index in [0.717, 1.165) is 32.5 Å². The summed E-state index contributed by atoms with van der Waals surface area (Å²) in [5, 5.41) is 7.23. The van der Waals surface area contributed by atoms with Crippen molar-refractivity contribution in [1.82, 2.24) is 20.0 Å². The van der Waals surface area contributed by atoms with Crippen molar-refractivity contribution in [2.24, 2.45) is 0 Å². The maximum absolute atomic E-state index is 12.1. The summed E-state index contributed by atoms with van der Waals surface area (Å²) in [5.41, 5.74) is 0. The van der Waals surface area contributed by atoms with Crippen LogP contribution in [0.5, 0.6) is 0 Å². The minimum atomic E-state index is -0.0804. The van der Waals surface area contributed by atoms with Gasteiger partial charge in [0.05, 0.1) is 18.2 Å². The maximum Gasteiger partial charge on any atom is 0.237 e. The molecule has 2 aliphatic heterocycles. The van der Waals surface area contributed by atoms with Crippen molar-refractivity contribution in [3.05, 3.63) is 18.5 Å². The van der Waals surface area contributed by atoms with Gasteiger partial charge in [0, 0.05) is 38.6 Å². The number of carbonyl (C=O) groups excluding carboxylic acids is 1. The van der Waals surface area contributed by atoms with Gasteiger partial charge in [0.25, 0.3) is 0 Å². The van der Waals surface area contributed by atoms with E-state index in [0.29, 0.717) is 12.6 Å². The minimum absolute atomic E-state index is 0.0804. The molecule has 3 rings (SSSR count). The lowest BCUT2D eigenvalue weighted by Gasteiger charge is -2.42. The molecule has 1 amide bonds. The Morgan fingerprint density at radius 1 is 1.55 bits per heavy atom. The molecule has 2 aliphatic rings. The van der Waals surface area contributed by atoms with E-state index in [9.17, 15) is 4.79 Å². The fourth-order valence-electron chi connectivity index (χ4n) is 2.80. The summed E-state index contributed by atoms with van der Waals surface area (Å²) in [7, 11) is 0. The molecule has 6 nitrogen and oxygen atoms in total. The molecular formula is C14H22N4O2. The van der Waals surface area contributed by atoms with Crippen LogP contribution in [0.2, 0.25) is 0 Å². The number of amides is 1. The maximum atomic E-state index is 12.1. The predicted octanol–water partition coefficient (Wildman–Crippen LogP) is 0.424. The number of aromatic nitrogens is 2. The zero-order valence-corrected chi connectivity index (χ0v) is 11.9. The first-order chi connectivity index (χ1) is 9.74. The normalized spacial score (nSPS) is 25.4. The highest BCUT2D eigenvalue weighted by molar-refractivity contribution is 5.81. The van der Waals surface area contributed by atoms with Gasteiger partial charge in [-0.2, -0.15) is 5.10 Å². The number of nitrogens with one attached hydrogen (secondary N) is 1. The number of carbonyl (C=O) groups is 1. The topological polar surface area (TPSA) is 59.4 Å². The molecule has 0 bridgehead atoms. The Hall–Kier alpha value is -1.40.